The number of piperazine rings is 1. The molecule has 0 saturated carbocycles. The predicted octanol–water partition coefficient (Wildman–Crippen LogP) is 5.08. The van der Waals surface area contributed by atoms with Gasteiger partial charge in [-0.1, -0.05) is 30.3 Å². The molecule has 1 fully saturated rings. The topological polar surface area (TPSA) is 63.0 Å². The van der Waals surface area contributed by atoms with Crippen molar-refractivity contribution in [3.05, 3.63) is 83.2 Å². The first kappa shape index (κ1) is 25.7. The van der Waals surface area contributed by atoms with Gasteiger partial charge < -0.3 is 9.64 Å². The number of alkyl halides is 3. The molecule has 1 amide bonds. The molecular weight excluding hydrogens is 495 g/mol. The number of benzene rings is 2. The van der Waals surface area contributed by atoms with Crippen molar-refractivity contribution in [3.63, 3.8) is 0 Å². The third-order valence-corrected chi connectivity index (χ3v) is 6.97. The fraction of sp³-hybridized carbons (Fsp3) is 0.321. The van der Waals surface area contributed by atoms with E-state index in [9.17, 15) is 18.0 Å². The van der Waals surface area contributed by atoms with E-state index in [0.717, 1.165) is 11.1 Å². The summed E-state index contributed by atoms with van der Waals surface area (Å²) in [6.45, 7) is 5.84. The number of methoxy groups -OCH3 is 1. The Morgan fingerprint density at radius 1 is 1.08 bits per heavy atom. The molecule has 4 aromatic rings. The number of halogens is 3. The van der Waals surface area contributed by atoms with E-state index < -0.39 is 11.9 Å². The van der Waals surface area contributed by atoms with Crippen LogP contribution in [-0.2, 0) is 12.7 Å². The number of rotatable bonds is 5. The molecule has 10 heteroatoms. The van der Waals surface area contributed by atoms with Crippen LogP contribution in [0.4, 0.5) is 13.2 Å². The van der Waals surface area contributed by atoms with E-state index in [1.54, 1.807) is 29.2 Å². The van der Waals surface area contributed by atoms with Crippen LogP contribution in [0.1, 0.15) is 34.1 Å². The van der Waals surface area contributed by atoms with Crippen molar-refractivity contribution in [3.8, 4) is 17.0 Å². The van der Waals surface area contributed by atoms with Crippen molar-refractivity contribution in [1.29, 1.82) is 0 Å². The van der Waals surface area contributed by atoms with E-state index in [4.69, 9.17) is 4.74 Å². The highest BCUT2D eigenvalue weighted by molar-refractivity contribution is 6.00. The second kappa shape index (κ2) is 10.1. The zero-order valence-corrected chi connectivity index (χ0v) is 21.4. The molecule has 0 radical (unpaired) electrons. The highest BCUT2D eigenvalue weighted by Crippen LogP contribution is 2.37. The average molecular weight is 524 g/mol. The van der Waals surface area contributed by atoms with Crippen LogP contribution in [0.2, 0.25) is 0 Å². The SMILES string of the molecule is COc1ccc(-c2nc3c(C(=O)N4CCN(Cc5ccccc5)C[C@H]4C)cnn3c(C(F)(F)F)c2C)cc1. The summed E-state index contributed by atoms with van der Waals surface area (Å²) >= 11 is 0. The summed E-state index contributed by atoms with van der Waals surface area (Å²) < 4.78 is 48.6. The molecule has 0 bridgehead atoms. The third-order valence-electron chi connectivity index (χ3n) is 6.97. The summed E-state index contributed by atoms with van der Waals surface area (Å²) in [6.07, 6.45) is -3.50. The molecule has 2 aromatic heterocycles. The zero-order valence-electron chi connectivity index (χ0n) is 21.4. The van der Waals surface area contributed by atoms with Crippen molar-refractivity contribution in [2.45, 2.75) is 32.6 Å². The fourth-order valence-corrected chi connectivity index (χ4v) is 5.06. The Morgan fingerprint density at radius 3 is 2.42 bits per heavy atom. The molecule has 2 aromatic carbocycles. The summed E-state index contributed by atoms with van der Waals surface area (Å²) in [7, 11) is 1.51. The molecular formula is C28H28F3N5O2. The first-order valence-corrected chi connectivity index (χ1v) is 12.3. The molecule has 38 heavy (non-hydrogen) atoms. The maximum absolute atomic E-state index is 14.2. The highest BCUT2D eigenvalue weighted by atomic mass is 19.4. The molecule has 3 heterocycles. The van der Waals surface area contributed by atoms with Gasteiger partial charge in [0.2, 0.25) is 0 Å². The monoisotopic (exact) mass is 523 g/mol. The van der Waals surface area contributed by atoms with Crippen LogP contribution in [0.25, 0.3) is 16.9 Å². The van der Waals surface area contributed by atoms with Crippen molar-refractivity contribution < 1.29 is 22.7 Å². The second-order valence-corrected chi connectivity index (χ2v) is 9.52. The van der Waals surface area contributed by atoms with Crippen molar-refractivity contribution in [1.82, 2.24) is 24.4 Å². The number of fused-ring (bicyclic) bond motifs is 1. The smallest absolute Gasteiger partial charge is 0.433 e. The number of carbonyl (C=O) groups is 1. The number of ether oxygens (including phenoxy) is 1. The van der Waals surface area contributed by atoms with Gasteiger partial charge in [-0.25, -0.2) is 9.50 Å². The maximum atomic E-state index is 14.2. The maximum Gasteiger partial charge on any atom is 0.433 e. The Kier molecular flexibility index (Phi) is 6.83. The van der Waals surface area contributed by atoms with Crippen molar-refractivity contribution in [2.24, 2.45) is 0 Å². The van der Waals surface area contributed by atoms with E-state index in [1.165, 1.54) is 25.8 Å². The van der Waals surface area contributed by atoms with Crippen LogP contribution < -0.4 is 4.74 Å². The Balaban J connectivity index is 1.49. The molecule has 1 saturated heterocycles. The first-order valence-electron chi connectivity index (χ1n) is 12.3. The van der Waals surface area contributed by atoms with Crippen molar-refractivity contribution >= 4 is 11.6 Å². The Morgan fingerprint density at radius 2 is 1.79 bits per heavy atom. The van der Waals surface area contributed by atoms with Gasteiger partial charge in [-0.3, -0.25) is 9.69 Å². The van der Waals surface area contributed by atoms with Crippen LogP contribution in [0.15, 0.2) is 60.8 Å². The molecule has 7 nitrogen and oxygen atoms in total. The molecule has 1 atom stereocenters. The molecule has 1 aliphatic heterocycles. The van der Waals surface area contributed by atoms with Gasteiger partial charge in [-0.15, -0.1) is 0 Å². The van der Waals surface area contributed by atoms with Gasteiger partial charge >= 0.3 is 6.18 Å². The van der Waals surface area contributed by atoms with Gasteiger partial charge in [-0.2, -0.15) is 18.3 Å². The van der Waals surface area contributed by atoms with Crippen LogP contribution in [0.5, 0.6) is 5.75 Å². The van der Waals surface area contributed by atoms with E-state index >= 15 is 0 Å². The van der Waals surface area contributed by atoms with Gasteiger partial charge in [0.15, 0.2) is 11.3 Å². The fourth-order valence-electron chi connectivity index (χ4n) is 5.06. The Labute approximate surface area is 218 Å². The van der Waals surface area contributed by atoms with E-state index in [-0.39, 0.29) is 34.4 Å². The lowest BCUT2D eigenvalue weighted by atomic mass is 10.0. The summed E-state index contributed by atoms with van der Waals surface area (Å²) in [4.78, 5) is 22.2. The average Bonchev–Trinajstić information content (AvgIpc) is 3.31. The summed E-state index contributed by atoms with van der Waals surface area (Å²) in [5.74, 6) is 0.196. The van der Waals surface area contributed by atoms with Crippen LogP contribution in [0, 0.1) is 6.92 Å². The molecule has 198 valence electrons. The molecule has 0 unspecified atom stereocenters. The predicted molar refractivity (Wildman–Crippen MR) is 137 cm³/mol. The van der Waals surface area contributed by atoms with Gasteiger partial charge in [0.1, 0.15) is 11.3 Å². The van der Waals surface area contributed by atoms with E-state index in [2.05, 4.69) is 27.1 Å². The van der Waals surface area contributed by atoms with E-state index in [1.807, 2.05) is 25.1 Å². The minimum Gasteiger partial charge on any atom is -0.497 e. The highest BCUT2D eigenvalue weighted by Gasteiger charge is 2.39. The number of hydrogen-bond donors (Lipinski definition) is 0. The summed E-state index contributed by atoms with van der Waals surface area (Å²) in [6, 6.07) is 16.6. The normalized spacial score (nSPS) is 16.7. The number of nitrogens with zero attached hydrogens (tertiary/aromatic N) is 5. The zero-order chi connectivity index (χ0) is 27.0. The largest absolute Gasteiger partial charge is 0.497 e. The van der Waals surface area contributed by atoms with Gasteiger partial charge in [-0.05, 0) is 43.7 Å². The first-order chi connectivity index (χ1) is 18.2. The van der Waals surface area contributed by atoms with Crippen molar-refractivity contribution in [2.75, 3.05) is 26.7 Å². The second-order valence-electron chi connectivity index (χ2n) is 9.52. The lowest BCUT2D eigenvalue weighted by molar-refractivity contribution is -0.143. The molecule has 1 aliphatic rings. The number of hydrogen-bond acceptors (Lipinski definition) is 5. The van der Waals surface area contributed by atoms with Crippen LogP contribution in [-0.4, -0.2) is 63.1 Å². The van der Waals surface area contributed by atoms with Crippen LogP contribution >= 0.6 is 0 Å². The number of carbonyl (C=O) groups excluding carboxylic acids is 1. The summed E-state index contributed by atoms with van der Waals surface area (Å²) in [5.41, 5.74) is 0.730. The van der Waals surface area contributed by atoms with E-state index in [0.29, 0.717) is 30.9 Å². The molecule has 5 rings (SSSR count). The lowest BCUT2D eigenvalue weighted by Crippen LogP contribution is -2.53. The number of amides is 1. The molecule has 0 aliphatic carbocycles. The van der Waals surface area contributed by atoms with Gasteiger partial charge in [0, 0.05) is 43.3 Å². The summed E-state index contributed by atoms with van der Waals surface area (Å²) in [5, 5.41) is 3.98. The lowest BCUT2D eigenvalue weighted by Gasteiger charge is -2.39. The quantitative estimate of drug-likeness (QED) is 0.365. The standard InChI is InChI=1S/C28H28F3N5O2/c1-18-16-34(17-20-7-5-4-6-8-20)13-14-35(18)27(37)23-15-32-36-25(28(29,30)31)19(2)24(33-26(23)36)21-9-11-22(38-3)12-10-21/h4-12,15,18H,13-14,16-17H2,1-3H3/t18-/m1/s1. The Bertz CT molecular complexity index is 1450. The third kappa shape index (κ3) is 4.83. The molecule has 0 spiro atoms. The minimum absolute atomic E-state index is 0.0496. The van der Waals surface area contributed by atoms with Gasteiger partial charge in [0.05, 0.1) is 19.0 Å². The molecule has 0 N–H and O–H groups in total. The number of aromatic nitrogens is 3. The Hall–Kier alpha value is -3.92. The minimum atomic E-state index is -4.70. The van der Waals surface area contributed by atoms with Gasteiger partial charge in [0.25, 0.3) is 5.91 Å². The van der Waals surface area contributed by atoms with Crippen LogP contribution in [0.3, 0.4) is 0 Å².